The second kappa shape index (κ2) is 15.8. The number of nitrogens with zero attached hydrogens (tertiary/aromatic N) is 4. The second-order valence-electron chi connectivity index (χ2n) is 6.69. The van der Waals surface area contributed by atoms with Gasteiger partial charge in [-0.1, -0.05) is 37.8 Å². The van der Waals surface area contributed by atoms with Crippen LogP contribution in [-0.2, 0) is 0 Å². The highest BCUT2D eigenvalue weighted by Gasteiger charge is 2.24. The molecule has 28 heavy (non-hydrogen) atoms. The maximum atomic E-state index is 9.67. The molecular weight excluding hydrogens is 348 g/mol. The van der Waals surface area contributed by atoms with Gasteiger partial charge in [0.15, 0.2) is 0 Å². The first-order valence-electron chi connectivity index (χ1n) is 9.76. The molecule has 0 fully saturated rings. The molecule has 5 nitrogen and oxygen atoms in total. The van der Waals surface area contributed by atoms with Crippen molar-refractivity contribution in [1.29, 1.82) is 0 Å². The molecule has 0 spiro atoms. The molecule has 0 aliphatic heterocycles. The predicted molar refractivity (Wildman–Crippen MR) is 125 cm³/mol. The van der Waals surface area contributed by atoms with Gasteiger partial charge in [-0.15, -0.1) is 0 Å². The van der Waals surface area contributed by atoms with Gasteiger partial charge in [0.25, 0.3) is 0 Å². The van der Waals surface area contributed by atoms with Crippen LogP contribution in [0, 0.1) is 0 Å². The quantitative estimate of drug-likeness (QED) is 0.273. The highest BCUT2D eigenvalue weighted by molar-refractivity contribution is 6.01. The lowest BCUT2D eigenvalue weighted by Crippen LogP contribution is -2.46. The number of aliphatic hydroxyl groups excluding tert-OH is 1. The van der Waals surface area contributed by atoms with Crippen molar-refractivity contribution in [3.8, 4) is 0 Å². The zero-order valence-corrected chi connectivity index (χ0v) is 18.3. The minimum absolute atomic E-state index is 0.0630. The number of aliphatic imine (C=N–C) groups is 2. The molecule has 0 aromatic heterocycles. The lowest BCUT2D eigenvalue weighted by molar-refractivity contribution is 0.204. The van der Waals surface area contributed by atoms with E-state index in [1.165, 1.54) is 6.26 Å². The molecule has 156 valence electrons. The normalized spacial score (nSPS) is 16.0. The van der Waals surface area contributed by atoms with E-state index in [0.29, 0.717) is 6.04 Å². The van der Waals surface area contributed by atoms with Gasteiger partial charge in [-0.3, -0.25) is 19.8 Å². The Labute approximate surface area is 171 Å². The molecule has 1 N–H and O–H groups in total. The Kier molecular flexibility index (Phi) is 14.5. The third kappa shape index (κ3) is 9.62. The highest BCUT2D eigenvalue weighted by atomic mass is 16.2. The van der Waals surface area contributed by atoms with Crippen LogP contribution in [0.25, 0.3) is 0 Å². The van der Waals surface area contributed by atoms with Crippen molar-refractivity contribution in [3.05, 3.63) is 61.1 Å². The van der Waals surface area contributed by atoms with E-state index in [9.17, 15) is 5.11 Å². The number of rotatable bonds is 14. The smallest absolute Gasteiger partial charge is 0.0800 e. The zero-order chi connectivity index (χ0) is 21.4. The molecule has 0 amide bonds. The zero-order valence-electron chi connectivity index (χ0n) is 18.3. The van der Waals surface area contributed by atoms with Crippen LogP contribution >= 0.6 is 0 Å². The molecule has 0 rings (SSSR count). The molecular formula is C23H38N4O. The topological polar surface area (TPSA) is 51.4 Å². The van der Waals surface area contributed by atoms with Gasteiger partial charge in [-0.25, -0.2) is 0 Å². The standard InChI is InChI=1S/C23H38N4O/c1-8-10-14-22(25-6)23(20(3)19-28)27(16-9-2)18-17-26(7)21(4)13-11-12-15-24-5/h8,10-15,19,21,23,28H,1,5,9,16-18H2,2-4,6-7H3/b13-11-,14-10-,15-12-,20-19-,25-22?. The minimum atomic E-state index is -0.0630. The van der Waals surface area contributed by atoms with Crippen LogP contribution in [0.1, 0.15) is 27.2 Å². The fourth-order valence-electron chi connectivity index (χ4n) is 2.86. The Morgan fingerprint density at radius 1 is 1.18 bits per heavy atom. The fourth-order valence-corrected chi connectivity index (χ4v) is 2.86. The van der Waals surface area contributed by atoms with Crippen molar-refractivity contribution < 1.29 is 5.11 Å². The van der Waals surface area contributed by atoms with E-state index in [-0.39, 0.29) is 6.04 Å². The summed E-state index contributed by atoms with van der Waals surface area (Å²) in [6.07, 6.45) is 15.5. The van der Waals surface area contributed by atoms with Gasteiger partial charge in [-0.05, 0) is 58.3 Å². The summed E-state index contributed by atoms with van der Waals surface area (Å²) < 4.78 is 0. The van der Waals surface area contributed by atoms with E-state index < -0.39 is 0 Å². The summed E-state index contributed by atoms with van der Waals surface area (Å²) in [5, 5.41) is 9.67. The van der Waals surface area contributed by atoms with Gasteiger partial charge in [0, 0.05) is 32.4 Å². The summed E-state index contributed by atoms with van der Waals surface area (Å²) in [5.74, 6) is 0. The molecule has 2 unspecified atom stereocenters. The largest absolute Gasteiger partial charge is 0.516 e. The van der Waals surface area contributed by atoms with E-state index in [1.807, 2.05) is 31.2 Å². The molecule has 0 aromatic rings. The van der Waals surface area contributed by atoms with Crippen molar-refractivity contribution in [2.75, 3.05) is 33.7 Å². The van der Waals surface area contributed by atoms with Crippen molar-refractivity contribution in [3.63, 3.8) is 0 Å². The molecule has 2 atom stereocenters. The number of hydrogen-bond donors (Lipinski definition) is 1. The average Bonchev–Trinajstić information content (AvgIpc) is 2.70. The number of aliphatic hydroxyl groups is 1. The van der Waals surface area contributed by atoms with Crippen LogP contribution in [0.15, 0.2) is 71.1 Å². The summed E-state index contributed by atoms with van der Waals surface area (Å²) in [4.78, 5) is 12.8. The molecule has 0 radical (unpaired) electrons. The Hall–Kier alpha value is -2.24. The summed E-state index contributed by atoms with van der Waals surface area (Å²) >= 11 is 0. The maximum absolute atomic E-state index is 9.67. The van der Waals surface area contributed by atoms with Crippen molar-refractivity contribution in [2.45, 2.75) is 39.3 Å². The minimum Gasteiger partial charge on any atom is -0.516 e. The molecule has 0 aliphatic rings. The number of allylic oxidation sites excluding steroid dienone is 4. The SMILES string of the molecule is C=C/C=C\C(=NC)C(/C(C)=C\O)N(CCC)CCN(C)C(C)/C=C\C=C/N=C. The Balaban J connectivity index is 5.34. The Morgan fingerprint density at radius 2 is 1.89 bits per heavy atom. The lowest BCUT2D eigenvalue weighted by atomic mass is 10.0. The van der Waals surface area contributed by atoms with Crippen LogP contribution in [0.4, 0.5) is 0 Å². The van der Waals surface area contributed by atoms with E-state index in [1.54, 1.807) is 19.3 Å². The van der Waals surface area contributed by atoms with Crippen molar-refractivity contribution in [1.82, 2.24) is 9.80 Å². The van der Waals surface area contributed by atoms with Crippen molar-refractivity contribution in [2.24, 2.45) is 9.98 Å². The third-order valence-electron chi connectivity index (χ3n) is 4.58. The fraction of sp³-hybridized carbons (Fsp3) is 0.478. The first-order valence-corrected chi connectivity index (χ1v) is 9.76. The molecule has 0 heterocycles. The maximum Gasteiger partial charge on any atom is 0.0800 e. The molecule has 0 aromatic carbocycles. The first-order chi connectivity index (χ1) is 13.5. The van der Waals surface area contributed by atoms with Gasteiger partial charge in [0.05, 0.1) is 18.0 Å². The van der Waals surface area contributed by atoms with Crippen LogP contribution in [0.5, 0.6) is 0 Å². The van der Waals surface area contributed by atoms with Gasteiger partial charge in [0.1, 0.15) is 0 Å². The van der Waals surface area contributed by atoms with Gasteiger partial charge < -0.3 is 5.11 Å². The van der Waals surface area contributed by atoms with Crippen LogP contribution < -0.4 is 0 Å². The molecule has 0 bridgehead atoms. The van der Waals surface area contributed by atoms with E-state index in [0.717, 1.165) is 37.3 Å². The third-order valence-corrected chi connectivity index (χ3v) is 4.58. The summed E-state index contributed by atoms with van der Waals surface area (Å²) in [5.41, 5.74) is 1.79. The average molecular weight is 387 g/mol. The number of likely N-dealkylation sites (N-methyl/N-ethyl adjacent to an activating group) is 1. The summed E-state index contributed by atoms with van der Waals surface area (Å²) in [6.45, 7) is 16.1. The van der Waals surface area contributed by atoms with E-state index in [4.69, 9.17) is 0 Å². The monoisotopic (exact) mass is 386 g/mol. The van der Waals surface area contributed by atoms with E-state index in [2.05, 4.69) is 60.1 Å². The molecule has 5 heteroatoms. The Morgan fingerprint density at radius 3 is 2.43 bits per heavy atom. The second-order valence-corrected chi connectivity index (χ2v) is 6.69. The predicted octanol–water partition coefficient (Wildman–Crippen LogP) is 4.43. The van der Waals surface area contributed by atoms with Crippen LogP contribution in [0.2, 0.25) is 0 Å². The molecule has 0 aliphatic carbocycles. The first kappa shape index (κ1) is 25.8. The van der Waals surface area contributed by atoms with Crippen LogP contribution in [-0.4, -0.2) is 73.1 Å². The highest BCUT2D eigenvalue weighted by Crippen LogP contribution is 2.15. The summed E-state index contributed by atoms with van der Waals surface area (Å²) in [7, 11) is 3.90. The van der Waals surface area contributed by atoms with Gasteiger partial charge in [-0.2, -0.15) is 0 Å². The lowest BCUT2D eigenvalue weighted by Gasteiger charge is -2.34. The van der Waals surface area contributed by atoms with Gasteiger partial charge >= 0.3 is 0 Å². The summed E-state index contributed by atoms with van der Waals surface area (Å²) in [6, 6.07) is 0.234. The Bertz CT molecular complexity index is 602. The van der Waals surface area contributed by atoms with Crippen molar-refractivity contribution >= 4 is 12.4 Å². The number of hydrogen-bond acceptors (Lipinski definition) is 5. The van der Waals surface area contributed by atoms with Crippen LogP contribution in [0.3, 0.4) is 0 Å². The molecule has 0 saturated carbocycles. The van der Waals surface area contributed by atoms with E-state index >= 15 is 0 Å². The molecule has 0 saturated heterocycles. The van der Waals surface area contributed by atoms with Gasteiger partial charge in [0.2, 0.25) is 0 Å².